The second-order valence-corrected chi connectivity index (χ2v) is 7.27. The van der Waals surface area contributed by atoms with E-state index in [0.717, 1.165) is 19.3 Å². The average molecular weight is 352 g/mol. The van der Waals surface area contributed by atoms with Gasteiger partial charge < -0.3 is 9.47 Å². The molecule has 1 aliphatic carbocycles. The zero-order valence-electron chi connectivity index (χ0n) is 12.7. The van der Waals surface area contributed by atoms with Gasteiger partial charge in [-0.15, -0.1) is 0 Å². The van der Waals surface area contributed by atoms with Crippen LogP contribution in [-0.4, -0.2) is 29.6 Å². The van der Waals surface area contributed by atoms with Crippen molar-refractivity contribution in [2.24, 2.45) is 11.8 Å². The number of hydrogen-bond acceptors (Lipinski definition) is 5. The van der Waals surface area contributed by atoms with Crippen molar-refractivity contribution in [3.8, 4) is 0 Å². The normalized spacial score (nSPS) is 46.2. The minimum atomic E-state index is -4.57. The van der Waals surface area contributed by atoms with Crippen molar-refractivity contribution in [3.63, 3.8) is 0 Å². The van der Waals surface area contributed by atoms with E-state index in [1.54, 1.807) is 6.92 Å². The smallest absolute Gasteiger partial charge is 0.449 e. The quantitative estimate of drug-likeness (QED) is 0.576. The van der Waals surface area contributed by atoms with Gasteiger partial charge in [-0.3, -0.25) is 0 Å². The molecule has 0 amide bonds. The maximum Gasteiger partial charge on any atom is 0.449 e. The topological polar surface area (TPSA) is 36.9 Å². The monoisotopic (exact) mass is 352 g/mol. The van der Waals surface area contributed by atoms with Gasteiger partial charge in [-0.1, -0.05) is 6.42 Å². The third kappa shape index (κ3) is 2.18. The zero-order valence-corrected chi connectivity index (χ0v) is 13.6. The van der Waals surface area contributed by atoms with Gasteiger partial charge in [0.2, 0.25) is 17.8 Å². The molecule has 4 heterocycles. The largest absolute Gasteiger partial charge is 0.456 e. The summed E-state index contributed by atoms with van der Waals surface area (Å²) >= 11 is 4.14. The van der Waals surface area contributed by atoms with Crippen molar-refractivity contribution < 1.29 is 32.4 Å². The summed E-state index contributed by atoms with van der Waals surface area (Å²) in [7, 11) is 0. The molecule has 130 valence electrons. The Bertz CT molecular complexity index is 551. The summed E-state index contributed by atoms with van der Waals surface area (Å²) in [6, 6.07) is 0. The molecule has 4 nitrogen and oxygen atoms in total. The van der Waals surface area contributed by atoms with Gasteiger partial charge in [-0.2, -0.15) is 25.8 Å². The van der Waals surface area contributed by atoms with Crippen LogP contribution in [0.4, 0.5) is 13.2 Å². The van der Waals surface area contributed by atoms with E-state index in [2.05, 4.69) is 12.6 Å². The molecule has 23 heavy (non-hydrogen) atoms. The Morgan fingerprint density at radius 3 is 2.70 bits per heavy atom. The van der Waals surface area contributed by atoms with Crippen molar-refractivity contribution in [2.45, 2.75) is 62.9 Å². The molecule has 0 radical (unpaired) electrons. The highest BCUT2D eigenvalue weighted by Gasteiger charge is 2.68. The lowest BCUT2D eigenvalue weighted by Gasteiger charge is -2.56. The molecule has 2 bridgehead atoms. The van der Waals surface area contributed by atoms with Crippen LogP contribution in [0.2, 0.25) is 0 Å². The first-order valence-corrected chi connectivity index (χ1v) is 8.56. The maximum atomic E-state index is 13.5. The summed E-state index contributed by atoms with van der Waals surface area (Å²) in [6.45, 7) is 1.68. The highest BCUT2D eigenvalue weighted by molar-refractivity contribution is 7.80. The highest BCUT2D eigenvalue weighted by atomic mass is 32.1. The van der Waals surface area contributed by atoms with Crippen LogP contribution in [-0.2, 0) is 19.2 Å². The van der Waals surface area contributed by atoms with Crippen molar-refractivity contribution in [1.29, 1.82) is 0 Å². The van der Waals surface area contributed by atoms with E-state index in [1.165, 1.54) is 0 Å². The molecule has 3 saturated heterocycles. The molecular formula is C15H19F3O4S. The Morgan fingerprint density at radius 1 is 1.22 bits per heavy atom. The summed E-state index contributed by atoms with van der Waals surface area (Å²) in [6.07, 6.45) is -1.98. The summed E-state index contributed by atoms with van der Waals surface area (Å²) in [5.41, 5.74) is -0.847. The molecule has 5 aliphatic rings. The first-order valence-electron chi connectivity index (χ1n) is 7.92. The molecule has 0 aromatic rings. The van der Waals surface area contributed by atoms with Crippen LogP contribution in [0.25, 0.3) is 0 Å². The predicted octanol–water partition coefficient (Wildman–Crippen LogP) is 3.73. The maximum absolute atomic E-state index is 13.5. The van der Waals surface area contributed by atoms with Gasteiger partial charge in [0.25, 0.3) is 0 Å². The number of ether oxygens (including phenoxy) is 2. The zero-order chi connectivity index (χ0) is 16.5. The van der Waals surface area contributed by atoms with Crippen molar-refractivity contribution in [2.75, 3.05) is 5.75 Å². The summed E-state index contributed by atoms with van der Waals surface area (Å²) in [5.74, 6) is -2.44. The molecule has 0 N–H and O–H groups in total. The lowest BCUT2D eigenvalue weighted by Crippen LogP contribution is -2.66. The molecule has 0 aromatic carbocycles. The Labute approximate surface area is 137 Å². The van der Waals surface area contributed by atoms with Crippen LogP contribution in [0.15, 0.2) is 11.3 Å². The fourth-order valence-corrected chi connectivity index (χ4v) is 4.93. The lowest BCUT2D eigenvalue weighted by atomic mass is 9.63. The minimum Gasteiger partial charge on any atom is -0.456 e. The summed E-state index contributed by atoms with van der Waals surface area (Å²) < 4.78 is 51.5. The Balaban J connectivity index is 1.87. The SMILES string of the molecule is CC12CCC3CCC[C@H]4C(CS)=C(C(F)(F)F)O[C@H](O1)C34OO2. The van der Waals surface area contributed by atoms with Gasteiger partial charge in [0.05, 0.1) is 0 Å². The van der Waals surface area contributed by atoms with Crippen molar-refractivity contribution in [1.82, 2.24) is 0 Å². The van der Waals surface area contributed by atoms with Gasteiger partial charge in [0.1, 0.15) is 0 Å². The highest BCUT2D eigenvalue weighted by Crippen LogP contribution is 2.60. The van der Waals surface area contributed by atoms with Gasteiger partial charge in [-0.05, 0) is 37.7 Å². The molecule has 5 atom stereocenters. The molecule has 1 saturated carbocycles. The summed E-state index contributed by atoms with van der Waals surface area (Å²) in [5, 5.41) is 0. The van der Waals surface area contributed by atoms with E-state index >= 15 is 0 Å². The number of hydrogen-bond donors (Lipinski definition) is 1. The van der Waals surface area contributed by atoms with Gasteiger partial charge in [0, 0.05) is 18.1 Å². The number of alkyl halides is 3. The second-order valence-electron chi connectivity index (χ2n) is 6.95. The second kappa shape index (κ2) is 5.03. The van der Waals surface area contributed by atoms with E-state index in [4.69, 9.17) is 19.2 Å². The molecule has 5 rings (SSSR count). The van der Waals surface area contributed by atoms with E-state index in [9.17, 15) is 13.2 Å². The first-order chi connectivity index (χ1) is 10.8. The molecular weight excluding hydrogens is 333 g/mol. The molecule has 4 aliphatic heterocycles. The van der Waals surface area contributed by atoms with Crippen molar-refractivity contribution in [3.05, 3.63) is 11.3 Å². The Kier molecular flexibility index (Phi) is 3.51. The number of rotatable bonds is 1. The van der Waals surface area contributed by atoms with E-state index in [-0.39, 0.29) is 17.2 Å². The van der Waals surface area contributed by atoms with Crippen molar-refractivity contribution >= 4 is 12.6 Å². The minimum absolute atomic E-state index is 0.0265. The number of thiol groups is 1. The van der Waals surface area contributed by atoms with Gasteiger partial charge in [-0.25, -0.2) is 9.78 Å². The Morgan fingerprint density at radius 2 is 2.00 bits per heavy atom. The molecule has 1 spiro atoms. The third-order valence-electron chi connectivity index (χ3n) is 5.63. The third-order valence-corrected chi connectivity index (χ3v) is 5.97. The first kappa shape index (κ1) is 16.1. The number of allylic oxidation sites excluding steroid dienone is 1. The number of fused-ring (bicyclic) bond motifs is 2. The standard InChI is InChI=1S/C15H19F3O4S/c1-13-6-5-8-3-2-4-10-9(7-23)11(15(16,17)18)19-12(20-13)14(8,10)22-21-13/h8,10,12,23H,2-7H2,1H3/t8?,10-,12+,13?,14?/m0/s1. The number of halogens is 3. The van der Waals surface area contributed by atoms with Gasteiger partial charge in [0.15, 0.2) is 5.60 Å². The van der Waals surface area contributed by atoms with Crippen LogP contribution in [0, 0.1) is 11.8 Å². The Hall–Kier alpha value is -0.440. The van der Waals surface area contributed by atoms with Crippen LogP contribution >= 0.6 is 12.6 Å². The van der Waals surface area contributed by atoms with Crippen LogP contribution in [0.3, 0.4) is 0 Å². The predicted molar refractivity (Wildman–Crippen MR) is 76.3 cm³/mol. The van der Waals surface area contributed by atoms with Crippen LogP contribution < -0.4 is 0 Å². The van der Waals surface area contributed by atoms with E-state index in [1.807, 2.05) is 0 Å². The molecule has 3 unspecified atom stereocenters. The van der Waals surface area contributed by atoms with Crippen LogP contribution in [0.5, 0.6) is 0 Å². The fraction of sp³-hybridized carbons (Fsp3) is 0.867. The summed E-state index contributed by atoms with van der Waals surface area (Å²) in [4.78, 5) is 11.2. The van der Waals surface area contributed by atoms with E-state index in [0.29, 0.717) is 12.8 Å². The fourth-order valence-electron chi connectivity index (χ4n) is 4.57. The van der Waals surface area contributed by atoms with Gasteiger partial charge >= 0.3 is 6.18 Å². The molecule has 0 aromatic heterocycles. The molecule has 4 fully saturated rings. The lowest BCUT2D eigenvalue weighted by molar-refractivity contribution is -0.556. The van der Waals surface area contributed by atoms with E-state index < -0.39 is 35.5 Å². The van der Waals surface area contributed by atoms with Crippen LogP contribution in [0.1, 0.15) is 39.0 Å². The average Bonchev–Trinajstić information content (AvgIpc) is 2.71. The molecule has 8 heteroatoms.